The van der Waals surface area contributed by atoms with Gasteiger partial charge in [0.25, 0.3) is 0 Å². The van der Waals surface area contributed by atoms with Crippen LogP contribution >= 0.6 is 12.4 Å². The van der Waals surface area contributed by atoms with Crippen molar-refractivity contribution in [2.24, 2.45) is 11.7 Å². The van der Waals surface area contributed by atoms with Crippen molar-refractivity contribution in [2.45, 2.75) is 37.6 Å². The highest BCUT2D eigenvalue weighted by Gasteiger charge is 2.51. The molecule has 0 aromatic heterocycles. The molecule has 0 aromatic carbocycles. The summed E-state index contributed by atoms with van der Waals surface area (Å²) in [6.45, 7) is 0. The van der Waals surface area contributed by atoms with Gasteiger partial charge in [-0.25, -0.2) is 0 Å². The predicted molar refractivity (Wildman–Crippen MR) is 40.7 cm³/mol. The van der Waals surface area contributed by atoms with Gasteiger partial charge in [-0.3, -0.25) is 0 Å². The summed E-state index contributed by atoms with van der Waals surface area (Å²) >= 11 is 0. The topological polar surface area (TPSA) is 26.0 Å². The Hall–Kier alpha value is 0.250. The smallest absolute Gasteiger partial charge is 0.0186 e. The van der Waals surface area contributed by atoms with Gasteiger partial charge in [-0.1, -0.05) is 12.8 Å². The maximum Gasteiger partial charge on any atom is 0.0186 e. The normalized spacial score (nSPS) is 47.0. The van der Waals surface area contributed by atoms with E-state index >= 15 is 0 Å². The van der Waals surface area contributed by atoms with E-state index in [1.165, 1.54) is 32.1 Å². The maximum absolute atomic E-state index is 5.95. The molecule has 0 aromatic rings. The van der Waals surface area contributed by atoms with Gasteiger partial charge in [0.2, 0.25) is 0 Å². The number of fused-ring (bicyclic) bond motifs is 1. The van der Waals surface area contributed by atoms with Gasteiger partial charge in [-0.15, -0.1) is 12.4 Å². The lowest BCUT2D eigenvalue weighted by atomic mass is 9.96. The Morgan fingerprint density at radius 1 is 1.33 bits per heavy atom. The minimum atomic E-state index is 0. The molecule has 9 heavy (non-hydrogen) atoms. The van der Waals surface area contributed by atoms with E-state index in [-0.39, 0.29) is 12.4 Å². The van der Waals surface area contributed by atoms with Gasteiger partial charge in [-0.2, -0.15) is 0 Å². The monoisotopic (exact) mass is 147 g/mol. The largest absolute Gasteiger partial charge is 0.325 e. The third-order valence-electron chi connectivity index (χ3n) is 2.72. The van der Waals surface area contributed by atoms with Gasteiger partial charge in [0.1, 0.15) is 0 Å². The second-order valence-electron chi connectivity index (χ2n) is 3.38. The highest BCUT2D eigenvalue weighted by molar-refractivity contribution is 5.85. The molecule has 1 nitrogen and oxygen atoms in total. The van der Waals surface area contributed by atoms with Gasteiger partial charge in [0.05, 0.1) is 0 Å². The minimum absolute atomic E-state index is 0. The van der Waals surface area contributed by atoms with Gasteiger partial charge in [0, 0.05) is 5.54 Å². The Morgan fingerprint density at radius 3 is 2.56 bits per heavy atom. The summed E-state index contributed by atoms with van der Waals surface area (Å²) in [5.74, 6) is 0.927. The van der Waals surface area contributed by atoms with E-state index in [4.69, 9.17) is 5.73 Å². The molecule has 0 spiro atoms. The molecular weight excluding hydrogens is 134 g/mol. The third-order valence-corrected chi connectivity index (χ3v) is 2.72. The number of hydrogen-bond acceptors (Lipinski definition) is 1. The molecule has 2 aliphatic rings. The van der Waals surface area contributed by atoms with E-state index in [1.807, 2.05) is 0 Å². The van der Waals surface area contributed by atoms with E-state index in [9.17, 15) is 0 Å². The van der Waals surface area contributed by atoms with Crippen molar-refractivity contribution < 1.29 is 0 Å². The Labute approximate surface area is 62.4 Å². The first kappa shape index (κ1) is 7.36. The Morgan fingerprint density at radius 2 is 2.11 bits per heavy atom. The first-order valence-corrected chi connectivity index (χ1v) is 3.60. The van der Waals surface area contributed by atoms with Crippen molar-refractivity contribution in [2.75, 3.05) is 0 Å². The number of halogens is 1. The van der Waals surface area contributed by atoms with E-state index in [2.05, 4.69) is 0 Å². The summed E-state index contributed by atoms with van der Waals surface area (Å²) in [5.41, 5.74) is 6.30. The molecule has 2 rings (SSSR count). The Bertz CT molecular complexity index is 113. The molecule has 0 bridgehead atoms. The van der Waals surface area contributed by atoms with Crippen molar-refractivity contribution in [1.29, 1.82) is 0 Å². The zero-order valence-corrected chi connectivity index (χ0v) is 6.41. The summed E-state index contributed by atoms with van der Waals surface area (Å²) in [5, 5.41) is 0. The first-order chi connectivity index (χ1) is 3.81. The molecule has 2 unspecified atom stereocenters. The number of nitrogens with two attached hydrogens (primary N) is 1. The summed E-state index contributed by atoms with van der Waals surface area (Å²) in [6.07, 6.45) is 6.86. The molecule has 2 atom stereocenters. The molecule has 0 amide bonds. The minimum Gasteiger partial charge on any atom is -0.325 e. The highest BCUT2D eigenvalue weighted by atomic mass is 35.5. The number of hydrogen-bond donors (Lipinski definition) is 1. The Kier molecular flexibility index (Phi) is 1.75. The first-order valence-electron chi connectivity index (χ1n) is 3.60. The fraction of sp³-hybridized carbons (Fsp3) is 1.00. The van der Waals surface area contributed by atoms with Crippen LogP contribution in [0.1, 0.15) is 32.1 Å². The molecule has 2 N–H and O–H groups in total. The van der Waals surface area contributed by atoms with Crippen molar-refractivity contribution in [3.63, 3.8) is 0 Å². The van der Waals surface area contributed by atoms with Crippen LogP contribution in [0.2, 0.25) is 0 Å². The average Bonchev–Trinajstić information content (AvgIpc) is 2.39. The van der Waals surface area contributed by atoms with E-state index < -0.39 is 0 Å². The lowest BCUT2D eigenvalue weighted by molar-refractivity contribution is 0.428. The highest BCUT2D eigenvalue weighted by Crippen LogP contribution is 2.51. The van der Waals surface area contributed by atoms with E-state index in [0.717, 1.165) is 5.92 Å². The average molecular weight is 148 g/mol. The van der Waals surface area contributed by atoms with Crippen LogP contribution in [0.4, 0.5) is 0 Å². The second-order valence-corrected chi connectivity index (χ2v) is 3.38. The van der Waals surface area contributed by atoms with Gasteiger partial charge < -0.3 is 5.73 Å². The fourth-order valence-electron chi connectivity index (χ4n) is 1.94. The summed E-state index contributed by atoms with van der Waals surface area (Å²) in [6, 6.07) is 0. The van der Waals surface area contributed by atoms with Crippen LogP contribution in [-0.2, 0) is 0 Å². The van der Waals surface area contributed by atoms with Crippen molar-refractivity contribution in [3.8, 4) is 0 Å². The molecule has 2 aliphatic carbocycles. The molecule has 0 radical (unpaired) electrons. The van der Waals surface area contributed by atoms with Crippen molar-refractivity contribution >= 4 is 12.4 Å². The fourth-order valence-corrected chi connectivity index (χ4v) is 1.94. The Balaban J connectivity index is 0.000000405. The second kappa shape index (κ2) is 2.14. The van der Waals surface area contributed by atoms with Crippen LogP contribution in [-0.4, -0.2) is 5.54 Å². The van der Waals surface area contributed by atoms with E-state index in [0.29, 0.717) is 5.54 Å². The molecule has 2 fully saturated rings. The van der Waals surface area contributed by atoms with Crippen LogP contribution in [0.15, 0.2) is 0 Å². The summed E-state index contributed by atoms with van der Waals surface area (Å²) in [7, 11) is 0. The van der Waals surface area contributed by atoms with Crippen LogP contribution in [0.5, 0.6) is 0 Å². The molecule has 2 saturated carbocycles. The van der Waals surface area contributed by atoms with Crippen LogP contribution in [0.25, 0.3) is 0 Å². The van der Waals surface area contributed by atoms with Crippen LogP contribution < -0.4 is 5.73 Å². The van der Waals surface area contributed by atoms with Crippen LogP contribution in [0, 0.1) is 5.92 Å². The quantitative estimate of drug-likeness (QED) is 0.555. The molecule has 2 heteroatoms. The van der Waals surface area contributed by atoms with E-state index in [1.54, 1.807) is 0 Å². The third kappa shape index (κ3) is 1.08. The standard InChI is InChI=1S/C7H13N.ClH/c8-7-4-2-1-3-6(7)5-7;/h6H,1-5,8H2;1H. The zero-order valence-electron chi connectivity index (χ0n) is 5.60. The maximum atomic E-state index is 5.95. The SMILES string of the molecule is Cl.NC12CCCCC1C2. The zero-order chi connectivity index (χ0) is 5.61. The van der Waals surface area contributed by atoms with Crippen molar-refractivity contribution in [1.82, 2.24) is 0 Å². The van der Waals surface area contributed by atoms with Gasteiger partial charge >= 0.3 is 0 Å². The summed E-state index contributed by atoms with van der Waals surface area (Å²) in [4.78, 5) is 0. The lowest BCUT2D eigenvalue weighted by Crippen LogP contribution is -2.26. The van der Waals surface area contributed by atoms with Crippen molar-refractivity contribution in [3.05, 3.63) is 0 Å². The molecule has 54 valence electrons. The molecule has 0 aliphatic heterocycles. The molecule has 0 heterocycles. The summed E-state index contributed by atoms with van der Waals surface area (Å²) < 4.78 is 0. The van der Waals surface area contributed by atoms with Gasteiger partial charge in [0.15, 0.2) is 0 Å². The number of rotatable bonds is 0. The lowest BCUT2D eigenvalue weighted by Gasteiger charge is -2.15. The molecule has 0 saturated heterocycles. The van der Waals surface area contributed by atoms with Crippen LogP contribution in [0.3, 0.4) is 0 Å². The molecular formula is C7H14ClN. The van der Waals surface area contributed by atoms with Gasteiger partial charge in [-0.05, 0) is 25.2 Å². The predicted octanol–water partition coefficient (Wildman–Crippen LogP) is 1.70.